The van der Waals surface area contributed by atoms with Crippen LogP contribution in [0.2, 0.25) is 0 Å². The topological polar surface area (TPSA) is 72.8 Å². The Balaban J connectivity index is 1.64. The Morgan fingerprint density at radius 3 is 2.38 bits per heavy atom. The van der Waals surface area contributed by atoms with Gasteiger partial charge in [0.15, 0.2) is 11.5 Å². The molecule has 9 heteroatoms. The number of hydrogen-bond donors (Lipinski definition) is 1. The molecule has 0 unspecified atom stereocenters. The van der Waals surface area contributed by atoms with Gasteiger partial charge in [0.25, 0.3) is 10.1 Å². The van der Waals surface area contributed by atoms with Gasteiger partial charge in [-0.3, -0.25) is 4.55 Å². The Bertz CT molecular complexity index is 892. The minimum Gasteiger partial charge on any atom is -0.486 e. The van der Waals surface area contributed by atoms with Gasteiger partial charge in [0.2, 0.25) is 0 Å². The normalized spacial score (nSPS) is 17.2. The van der Waals surface area contributed by atoms with Gasteiger partial charge in [-0.25, -0.2) is 0 Å². The van der Waals surface area contributed by atoms with Gasteiger partial charge in [-0.05, 0) is 48.7 Å². The third-order valence-corrected chi connectivity index (χ3v) is 4.83. The molecule has 140 valence electrons. The van der Waals surface area contributed by atoms with E-state index in [2.05, 4.69) is 0 Å². The molecule has 0 bridgehead atoms. The zero-order chi connectivity index (χ0) is 18.9. The number of fused-ring (bicyclic) bond motifs is 1. The van der Waals surface area contributed by atoms with E-state index < -0.39 is 28.0 Å². The van der Waals surface area contributed by atoms with E-state index in [1.165, 1.54) is 18.2 Å². The second-order valence-corrected chi connectivity index (χ2v) is 7.29. The van der Waals surface area contributed by atoms with Gasteiger partial charge in [0.1, 0.15) is 12.7 Å². The first-order valence-corrected chi connectivity index (χ1v) is 9.14. The van der Waals surface area contributed by atoms with Crippen molar-refractivity contribution in [2.75, 3.05) is 6.61 Å². The molecule has 0 spiro atoms. The van der Waals surface area contributed by atoms with Crippen LogP contribution in [0.4, 0.5) is 13.2 Å². The Kier molecular flexibility index (Phi) is 4.85. The molecule has 5 nitrogen and oxygen atoms in total. The van der Waals surface area contributed by atoms with Crippen molar-refractivity contribution in [2.45, 2.75) is 30.0 Å². The molecule has 0 aliphatic carbocycles. The number of ether oxygens (including phenoxy) is 2. The average Bonchev–Trinajstić information content (AvgIpc) is 2.58. The molecular formula is C17H15F3O5S. The zero-order valence-electron chi connectivity index (χ0n) is 13.4. The summed E-state index contributed by atoms with van der Waals surface area (Å²) in [4.78, 5) is -0.202. The second kappa shape index (κ2) is 6.81. The molecule has 0 saturated heterocycles. The SMILES string of the molecule is O=S(=O)(O)c1ccc(CC[C@@H]2COc3ccc(C(F)(F)F)cc3O2)cc1. The molecule has 1 aliphatic rings. The van der Waals surface area contributed by atoms with Gasteiger partial charge < -0.3 is 9.47 Å². The summed E-state index contributed by atoms with van der Waals surface area (Å²) in [5.41, 5.74) is -0.00265. The zero-order valence-corrected chi connectivity index (χ0v) is 14.2. The van der Waals surface area contributed by atoms with Crippen LogP contribution in [0.5, 0.6) is 11.5 Å². The molecule has 0 aromatic heterocycles. The molecule has 26 heavy (non-hydrogen) atoms. The van der Waals surface area contributed by atoms with Crippen LogP contribution in [0.15, 0.2) is 47.4 Å². The van der Waals surface area contributed by atoms with Crippen molar-refractivity contribution in [2.24, 2.45) is 0 Å². The Labute approximate surface area is 148 Å². The number of benzene rings is 2. The van der Waals surface area contributed by atoms with Crippen molar-refractivity contribution in [3.05, 3.63) is 53.6 Å². The van der Waals surface area contributed by atoms with Crippen molar-refractivity contribution in [1.82, 2.24) is 0 Å². The number of halogens is 3. The first-order chi connectivity index (χ1) is 12.1. The van der Waals surface area contributed by atoms with E-state index in [1.54, 1.807) is 12.1 Å². The Morgan fingerprint density at radius 1 is 1.08 bits per heavy atom. The van der Waals surface area contributed by atoms with Crippen molar-refractivity contribution >= 4 is 10.1 Å². The van der Waals surface area contributed by atoms with Gasteiger partial charge in [-0.15, -0.1) is 0 Å². The van der Waals surface area contributed by atoms with Crippen LogP contribution in [0.1, 0.15) is 17.5 Å². The summed E-state index contributed by atoms with van der Waals surface area (Å²) in [6, 6.07) is 8.79. The fourth-order valence-electron chi connectivity index (χ4n) is 2.59. The third-order valence-electron chi connectivity index (χ3n) is 3.97. The largest absolute Gasteiger partial charge is 0.486 e. The lowest BCUT2D eigenvalue weighted by Crippen LogP contribution is -2.29. The first-order valence-electron chi connectivity index (χ1n) is 7.70. The highest BCUT2D eigenvalue weighted by molar-refractivity contribution is 7.85. The van der Waals surface area contributed by atoms with Gasteiger partial charge in [0.05, 0.1) is 10.5 Å². The van der Waals surface area contributed by atoms with E-state index in [1.807, 2.05) is 0 Å². The molecule has 1 heterocycles. The van der Waals surface area contributed by atoms with Crippen LogP contribution in [-0.4, -0.2) is 25.7 Å². The van der Waals surface area contributed by atoms with Crippen LogP contribution < -0.4 is 9.47 Å². The third kappa shape index (κ3) is 4.28. The van der Waals surface area contributed by atoms with E-state index in [0.717, 1.165) is 17.7 Å². The molecule has 1 aliphatic heterocycles. The predicted octanol–water partition coefficient (Wildman–Crippen LogP) is 3.72. The van der Waals surface area contributed by atoms with E-state index in [-0.39, 0.29) is 23.0 Å². The highest BCUT2D eigenvalue weighted by atomic mass is 32.2. The summed E-state index contributed by atoms with van der Waals surface area (Å²) < 4.78 is 80.4. The van der Waals surface area contributed by atoms with E-state index in [4.69, 9.17) is 14.0 Å². The van der Waals surface area contributed by atoms with Crippen LogP contribution in [0.25, 0.3) is 0 Å². The molecule has 0 amide bonds. The summed E-state index contributed by atoms with van der Waals surface area (Å²) in [5, 5.41) is 0. The molecule has 2 aromatic rings. The van der Waals surface area contributed by atoms with Gasteiger partial charge in [-0.2, -0.15) is 21.6 Å². The van der Waals surface area contributed by atoms with E-state index >= 15 is 0 Å². The Hall–Kier alpha value is -2.26. The lowest BCUT2D eigenvalue weighted by atomic mass is 10.1. The fraction of sp³-hybridized carbons (Fsp3) is 0.294. The average molecular weight is 388 g/mol. The predicted molar refractivity (Wildman–Crippen MR) is 85.9 cm³/mol. The lowest BCUT2D eigenvalue weighted by Gasteiger charge is -2.27. The van der Waals surface area contributed by atoms with Crippen LogP contribution in [-0.2, 0) is 22.7 Å². The molecule has 3 rings (SSSR count). The molecule has 0 fully saturated rings. The maximum atomic E-state index is 12.8. The number of rotatable bonds is 4. The van der Waals surface area contributed by atoms with Gasteiger partial charge in [-0.1, -0.05) is 12.1 Å². The van der Waals surface area contributed by atoms with Crippen molar-refractivity contribution in [1.29, 1.82) is 0 Å². The highest BCUT2D eigenvalue weighted by Crippen LogP contribution is 2.38. The van der Waals surface area contributed by atoms with Crippen molar-refractivity contribution < 1.29 is 35.6 Å². The van der Waals surface area contributed by atoms with Crippen LogP contribution in [0.3, 0.4) is 0 Å². The number of hydrogen-bond acceptors (Lipinski definition) is 4. The number of aryl methyl sites for hydroxylation is 1. The summed E-state index contributed by atoms with van der Waals surface area (Å²) in [6.07, 6.45) is -3.90. The van der Waals surface area contributed by atoms with Crippen molar-refractivity contribution in [3.8, 4) is 11.5 Å². The maximum absolute atomic E-state index is 12.8. The van der Waals surface area contributed by atoms with E-state index in [0.29, 0.717) is 12.8 Å². The maximum Gasteiger partial charge on any atom is 0.416 e. The van der Waals surface area contributed by atoms with Gasteiger partial charge in [0, 0.05) is 0 Å². The quantitative estimate of drug-likeness (QED) is 0.808. The minimum absolute atomic E-state index is 0.0535. The second-order valence-electron chi connectivity index (χ2n) is 5.87. The fourth-order valence-corrected chi connectivity index (χ4v) is 3.07. The summed E-state index contributed by atoms with van der Waals surface area (Å²) in [6.45, 7) is 0.210. The summed E-state index contributed by atoms with van der Waals surface area (Å²) in [7, 11) is -4.24. The molecule has 1 atom stereocenters. The van der Waals surface area contributed by atoms with Crippen LogP contribution >= 0.6 is 0 Å². The molecule has 0 radical (unpaired) electrons. The van der Waals surface area contributed by atoms with Crippen molar-refractivity contribution in [3.63, 3.8) is 0 Å². The van der Waals surface area contributed by atoms with E-state index in [9.17, 15) is 21.6 Å². The molecule has 2 aromatic carbocycles. The molecular weight excluding hydrogens is 373 g/mol. The first kappa shape index (κ1) is 18.5. The monoisotopic (exact) mass is 388 g/mol. The summed E-state index contributed by atoms with van der Waals surface area (Å²) in [5.74, 6) is 0.324. The minimum atomic E-state index is -4.46. The van der Waals surface area contributed by atoms with Gasteiger partial charge >= 0.3 is 6.18 Å². The summed E-state index contributed by atoms with van der Waals surface area (Å²) >= 11 is 0. The standard InChI is InChI=1S/C17H15F3O5S/c18-17(19,20)12-4-8-15-16(9-12)25-13(10-24-15)5-1-11-2-6-14(7-3-11)26(21,22)23/h2-4,6-9,13H,1,5,10H2,(H,21,22,23)/t13-/m1/s1. The smallest absolute Gasteiger partial charge is 0.416 e. The Morgan fingerprint density at radius 2 is 1.77 bits per heavy atom. The number of alkyl halides is 3. The lowest BCUT2D eigenvalue weighted by molar-refractivity contribution is -0.137. The highest BCUT2D eigenvalue weighted by Gasteiger charge is 2.32. The molecule has 1 N–H and O–H groups in total. The van der Waals surface area contributed by atoms with Crippen LogP contribution in [0, 0.1) is 0 Å². The molecule has 0 saturated carbocycles.